The number of carbonyl (C=O) groups is 1. The highest BCUT2D eigenvalue weighted by Gasteiger charge is 2.31. The molecule has 3 heteroatoms. The highest BCUT2D eigenvalue weighted by molar-refractivity contribution is 8.00. The SMILES string of the molecule is COc1ccccc1C=C1C(=O)c2ccccc2SC1c1ccccc1. The first-order valence-corrected chi connectivity index (χ1v) is 9.36. The number of Topliss-reactive ketones (excluding diaryl/α,β-unsaturated/α-hetero) is 1. The van der Waals surface area contributed by atoms with Crippen LogP contribution in [0.1, 0.15) is 26.7 Å². The summed E-state index contributed by atoms with van der Waals surface area (Å²) >= 11 is 1.72. The molecule has 0 saturated carbocycles. The molecule has 0 bridgehead atoms. The van der Waals surface area contributed by atoms with Crippen molar-refractivity contribution >= 4 is 23.6 Å². The van der Waals surface area contributed by atoms with Crippen LogP contribution in [0.2, 0.25) is 0 Å². The normalized spacial score (nSPS) is 17.8. The standard InChI is InChI=1S/C23H18O2S/c1-25-20-13-7-5-11-17(20)15-19-22(24)18-12-6-8-14-21(18)26-23(19)16-9-3-2-4-10-16/h2-15,23H,1H3. The number of thioether (sulfide) groups is 1. The smallest absolute Gasteiger partial charge is 0.191 e. The molecule has 1 atom stereocenters. The quantitative estimate of drug-likeness (QED) is 0.553. The summed E-state index contributed by atoms with van der Waals surface area (Å²) in [6, 6.07) is 25.8. The first kappa shape index (κ1) is 16.7. The Morgan fingerprint density at radius 3 is 2.38 bits per heavy atom. The summed E-state index contributed by atoms with van der Waals surface area (Å²) in [6.45, 7) is 0. The number of methoxy groups -OCH3 is 1. The van der Waals surface area contributed by atoms with Crippen molar-refractivity contribution in [3.63, 3.8) is 0 Å². The molecule has 1 aliphatic heterocycles. The molecule has 0 aromatic heterocycles. The van der Waals surface area contributed by atoms with Gasteiger partial charge in [0.05, 0.1) is 12.4 Å². The van der Waals surface area contributed by atoms with E-state index < -0.39 is 0 Å². The van der Waals surface area contributed by atoms with E-state index in [1.807, 2.05) is 72.8 Å². The van der Waals surface area contributed by atoms with E-state index in [2.05, 4.69) is 12.1 Å². The first-order chi connectivity index (χ1) is 12.8. The molecule has 0 radical (unpaired) electrons. The van der Waals surface area contributed by atoms with Crippen LogP contribution in [0.5, 0.6) is 5.75 Å². The Balaban J connectivity index is 1.88. The molecule has 0 amide bonds. The lowest BCUT2D eigenvalue weighted by atomic mass is 9.93. The van der Waals surface area contributed by atoms with Gasteiger partial charge < -0.3 is 4.74 Å². The largest absolute Gasteiger partial charge is 0.496 e. The van der Waals surface area contributed by atoms with Gasteiger partial charge in [-0.1, -0.05) is 60.7 Å². The summed E-state index contributed by atoms with van der Waals surface area (Å²) < 4.78 is 5.47. The molecule has 1 heterocycles. The van der Waals surface area contributed by atoms with Crippen LogP contribution in [0.3, 0.4) is 0 Å². The molecule has 1 aliphatic rings. The Hall–Kier alpha value is -2.78. The summed E-state index contributed by atoms with van der Waals surface area (Å²) in [7, 11) is 1.65. The molecule has 3 aromatic carbocycles. The number of fused-ring (bicyclic) bond motifs is 1. The minimum atomic E-state index is -0.0384. The maximum atomic E-state index is 13.3. The van der Waals surface area contributed by atoms with Gasteiger partial charge in [-0.2, -0.15) is 0 Å². The monoisotopic (exact) mass is 358 g/mol. The number of rotatable bonds is 3. The third-order valence-corrected chi connectivity index (χ3v) is 5.85. The minimum Gasteiger partial charge on any atom is -0.496 e. The summed E-state index contributed by atoms with van der Waals surface area (Å²) in [5.41, 5.74) is 3.59. The Kier molecular flexibility index (Phi) is 4.63. The van der Waals surface area contributed by atoms with Crippen LogP contribution in [0.25, 0.3) is 6.08 Å². The summed E-state index contributed by atoms with van der Waals surface area (Å²) in [6.07, 6.45) is 1.97. The zero-order valence-electron chi connectivity index (χ0n) is 14.4. The second-order valence-electron chi connectivity index (χ2n) is 6.08. The number of carbonyl (C=O) groups excluding carboxylic acids is 1. The average Bonchev–Trinajstić information content (AvgIpc) is 2.71. The van der Waals surface area contributed by atoms with E-state index in [0.717, 1.165) is 32.9 Å². The maximum Gasteiger partial charge on any atom is 0.191 e. The van der Waals surface area contributed by atoms with Crippen molar-refractivity contribution in [3.8, 4) is 5.75 Å². The van der Waals surface area contributed by atoms with Gasteiger partial charge in [0.25, 0.3) is 0 Å². The Morgan fingerprint density at radius 1 is 0.885 bits per heavy atom. The topological polar surface area (TPSA) is 26.3 Å². The average molecular weight is 358 g/mol. The van der Waals surface area contributed by atoms with Crippen molar-refractivity contribution in [1.29, 1.82) is 0 Å². The van der Waals surface area contributed by atoms with E-state index in [-0.39, 0.29) is 11.0 Å². The molecule has 4 rings (SSSR count). The number of ether oxygens (including phenoxy) is 1. The lowest BCUT2D eigenvalue weighted by Gasteiger charge is -2.26. The highest BCUT2D eigenvalue weighted by atomic mass is 32.2. The lowest BCUT2D eigenvalue weighted by Crippen LogP contribution is -2.16. The molecular formula is C23H18O2S. The summed E-state index contributed by atoms with van der Waals surface area (Å²) in [5.74, 6) is 0.850. The number of benzene rings is 3. The molecule has 0 saturated heterocycles. The van der Waals surface area contributed by atoms with E-state index in [4.69, 9.17) is 4.74 Å². The molecule has 2 nitrogen and oxygen atoms in total. The van der Waals surface area contributed by atoms with Crippen molar-refractivity contribution < 1.29 is 9.53 Å². The van der Waals surface area contributed by atoms with Crippen LogP contribution < -0.4 is 4.74 Å². The molecule has 3 aromatic rings. The van der Waals surface area contributed by atoms with Gasteiger partial charge in [-0.15, -0.1) is 11.8 Å². The molecule has 128 valence electrons. The first-order valence-electron chi connectivity index (χ1n) is 8.48. The fourth-order valence-electron chi connectivity index (χ4n) is 3.19. The third-order valence-electron chi connectivity index (χ3n) is 4.47. The van der Waals surface area contributed by atoms with E-state index >= 15 is 0 Å². The molecular weight excluding hydrogens is 340 g/mol. The summed E-state index contributed by atoms with van der Waals surface area (Å²) in [5, 5.41) is -0.0384. The van der Waals surface area contributed by atoms with Gasteiger partial charge in [0.1, 0.15) is 5.75 Å². The van der Waals surface area contributed by atoms with E-state index in [1.54, 1.807) is 18.9 Å². The molecule has 0 aliphatic carbocycles. The third kappa shape index (κ3) is 3.06. The van der Waals surface area contributed by atoms with Crippen molar-refractivity contribution in [2.75, 3.05) is 7.11 Å². The van der Waals surface area contributed by atoms with Gasteiger partial charge >= 0.3 is 0 Å². The molecule has 0 spiro atoms. The summed E-state index contributed by atoms with van der Waals surface area (Å²) in [4.78, 5) is 14.3. The Labute approximate surface area is 157 Å². The van der Waals surface area contributed by atoms with E-state index in [9.17, 15) is 4.79 Å². The van der Waals surface area contributed by atoms with Crippen LogP contribution in [0.15, 0.2) is 89.3 Å². The van der Waals surface area contributed by atoms with Gasteiger partial charge in [0, 0.05) is 21.6 Å². The van der Waals surface area contributed by atoms with Crippen molar-refractivity contribution in [1.82, 2.24) is 0 Å². The fourth-order valence-corrected chi connectivity index (χ4v) is 4.49. The molecule has 0 N–H and O–H groups in total. The number of para-hydroxylation sites is 1. The van der Waals surface area contributed by atoms with Crippen LogP contribution in [0, 0.1) is 0 Å². The van der Waals surface area contributed by atoms with Gasteiger partial charge in [0.2, 0.25) is 0 Å². The van der Waals surface area contributed by atoms with Crippen LogP contribution in [-0.4, -0.2) is 12.9 Å². The minimum absolute atomic E-state index is 0.0384. The second kappa shape index (κ2) is 7.22. The fraction of sp³-hybridized carbons (Fsp3) is 0.0870. The number of hydrogen-bond donors (Lipinski definition) is 0. The van der Waals surface area contributed by atoms with Crippen LogP contribution in [-0.2, 0) is 0 Å². The zero-order valence-corrected chi connectivity index (χ0v) is 15.2. The zero-order chi connectivity index (χ0) is 17.9. The van der Waals surface area contributed by atoms with Crippen LogP contribution in [0.4, 0.5) is 0 Å². The Bertz CT molecular complexity index is 976. The predicted molar refractivity (Wildman–Crippen MR) is 107 cm³/mol. The van der Waals surface area contributed by atoms with Crippen LogP contribution >= 0.6 is 11.8 Å². The highest BCUT2D eigenvalue weighted by Crippen LogP contribution is 2.48. The van der Waals surface area contributed by atoms with Gasteiger partial charge in [-0.3, -0.25) is 4.79 Å². The lowest BCUT2D eigenvalue weighted by molar-refractivity contribution is 0.102. The number of hydrogen-bond acceptors (Lipinski definition) is 3. The van der Waals surface area contributed by atoms with E-state index in [0.29, 0.717) is 0 Å². The van der Waals surface area contributed by atoms with Gasteiger partial charge in [-0.05, 0) is 29.8 Å². The molecule has 0 fully saturated rings. The van der Waals surface area contributed by atoms with Gasteiger partial charge in [0.15, 0.2) is 5.78 Å². The molecule has 26 heavy (non-hydrogen) atoms. The van der Waals surface area contributed by atoms with Crippen molar-refractivity contribution in [3.05, 3.63) is 101 Å². The maximum absolute atomic E-state index is 13.3. The van der Waals surface area contributed by atoms with E-state index in [1.165, 1.54) is 0 Å². The van der Waals surface area contributed by atoms with Gasteiger partial charge in [-0.25, -0.2) is 0 Å². The number of ketones is 1. The molecule has 1 unspecified atom stereocenters. The second-order valence-corrected chi connectivity index (χ2v) is 7.22. The van der Waals surface area contributed by atoms with Crippen molar-refractivity contribution in [2.24, 2.45) is 0 Å². The van der Waals surface area contributed by atoms with Crippen molar-refractivity contribution in [2.45, 2.75) is 10.1 Å². The Morgan fingerprint density at radius 2 is 1.58 bits per heavy atom. The predicted octanol–water partition coefficient (Wildman–Crippen LogP) is 5.81.